The van der Waals surface area contributed by atoms with Crippen LogP contribution in [0.5, 0.6) is 0 Å². The Kier molecular flexibility index (Phi) is 2.14. The van der Waals surface area contributed by atoms with Gasteiger partial charge in [0, 0.05) is 22.3 Å². The number of hydrogen-bond acceptors (Lipinski definition) is 3. The van der Waals surface area contributed by atoms with E-state index in [0.717, 1.165) is 12.8 Å². The van der Waals surface area contributed by atoms with E-state index in [2.05, 4.69) is 24.3 Å². The van der Waals surface area contributed by atoms with Crippen molar-refractivity contribution < 1.29 is 10.2 Å². The Balaban J connectivity index is 1.83. The summed E-state index contributed by atoms with van der Waals surface area (Å²) in [5, 5.41) is 21.3. The number of hydrogen-bond donors (Lipinski definition) is 2. The Morgan fingerprint density at radius 1 is 0.882 bits per heavy atom. The number of thioether (sulfide) groups is 1. The third-order valence-electron chi connectivity index (χ3n) is 4.69. The third-order valence-corrected chi connectivity index (χ3v) is 6.42. The molecule has 0 radical (unpaired) electrons. The smallest absolute Gasteiger partial charge is 0.0587 e. The first kappa shape index (κ1) is 10.4. The molecule has 17 heavy (non-hydrogen) atoms. The second-order valence-corrected chi connectivity index (χ2v) is 6.76. The average Bonchev–Trinajstić information content (AvgIpc) is 2.91. The summed E-state index contributed by atoms with van der Waals surface area (Å²) >= 11 is 1.95. The molecule has 2 unspecified atom stereocenters. The summed E-state index contributed by atoms with van der Waals surface area (Å²) in [5.74, 6) is 0.535. The molecule has 6 atom stereocenters. The average molecular weight is 248 g/mol. The maximum atomic E-state index is 10.2. The van der Waals surface area contributed by atoms with Crippen LogP contribution in [0.1, 0.15) is 34.5 Å². The van der Waals surface area contributed by atoms with Crippen molar-refractivity contribution in [3.63, 3.8) is 0 Å². The van der Waals surface area contributed by atoms with Gasteiger partial charge in [0.25, 0.3) is 0 Å². The van der Waals surface area contributed by atoms with Crippen molar-refractivity contribution in [3.8, 4) is 0 Å². The largest absolute Gasteiger partial charge is 0.393 e. The molecular formula is C14H16O2S. The summed E-state index contributed by atoms with van der Waals surface area (Å²) in [6, 6.07) is 8.55. The quantitative estimate of drug-likeness (QED) is 0.740. The van der Waals surface area contributed by atoms with Crippen molar-refractivity contribution in [1.29, 1.82) is 0 Å². The Morgan fingerprint density at radius 3 is 1.82 bits per heavy atom. The zero-order valence-electron chi connectivity index (χ0n) is 9.49. The van der Waals surface area contributed by atoms with E-state index in [4.69, 9.17) is 0 Å². The van der Waals surface area contributed by atoms with Crippen LogP contribution in [-0.2, 0) is 0 Å². The van der Waals surface area contributed by atoms with Gasteiger partial charge < -0.3 is 10.2 Å². The van der Waals surface area contributed by atoms with E-state index in [9.17, 15) is 10.2 Å². The first-order valence-corrected chi connectivity index (χ1v) is 7.32. The fourth-order valence-electron chi connectivity index (χ4n) is 3.98. The molecule has 90 valence electrons. The molecule has 1 saturated heterocycles. The molecule has 0 spiro atoms. The summed E-state index contributed by atoms with van der Waals surface area (Å²) in [4.78, 5) is 0. The lowest BCUT2D eigenvalue weighted by molar-refractivity contribution is -0.0420. The van der Waals surface area contributed by atoms with Crippen molar-refractivity contribution in [2.24, 2.45) is 11.8 Å². The minimum Gasteiger partial charge on any atom is -0.393 e. The number of aliphatic hydroxyl groups is 2. The molecule has 1 aromatic rings. The SMILES string of the molecule is OC1CCC(O)[C@H]2[C@@H]1[C@@H]1S[C@H]2c2ccccc21. The van der Waals surface area contributed by atoms with Crippen LogP contribution in [0.2, 0.25) is 0 Å². The lowest BCUT2D eigenvalue weighted by Gasteiger charge is -2.41. The molecule has 2 aliphatic heterocycles. The van der Waals surface area contributed by atoms with E-state index in [1.165, 1.54) is 11.1 Å². The highest BCUT2D eigenvalue weighted by atomic mass is 32.2. The maximum Gasteiger partial charge on any atom is 0.0587 e. The van der Waals surface area contributed by atoms with Crippen LogP contribution < -0.4 is 0 Å². The van der Waals surface area contributed by atoms with E-state index in [-0.39, 0.29) is 24.0 Å². The molecule has 3 aliphatic rings. The number of rotatable bonds is 0. The second kappa shape index (κ2) is 3.50. The van der Waals surface area contributed by atoms with Gasteiger partial charge in [-0.2, -0.15) is 0 Å². The minimum atomic E-state index is -0.223. The Morgan fingerprint density at radius 2 is 1.35 bits per heavy atom. The predicted octanol–water partition coefficient (Wildman–Crippen LogP) is 2.28. The predicted molar refractivity (Wildman–Crippen MR) is 67.7 cm³/mol. The third kappa shape index (κ3) is 1.25. The van der Waals surface area contributed by atoms with Crippen LogP contribution in [0.15, 0.2) is 24.3 Å². The molecule has 0 amide bonds. The van der Waals surface area contributed by atoms with Gasteiger partial charge in [0.2, 0.25) is 0 Å². The van der Waals surface area contributed by atoms with Crippen LogP contribution in [-0.4, -0.2) is 22.4 Å². The molecular weight excluding hydrogens is 232 g/mol. The standard InChI is InChI=1S/C14H16O2S/c15-9-5-6-10(16)12-11(9)13-7-3-1-2-4-8(7)14(12)17-13/h1-4,9-16H,5-6H2/t9?,10?,11-,12+,13-,14+. The molecule has 0 aromatic heterocycles. The molecule has 1 saturated carbocycles. The molecule has 2 N–H and O–H groups in total. The van der Waals surface area contributed by atoms with Crippen LogP contribution in [0.4, 0.5) is 0 Å². The summed E-state index contributed by atoms with van der Waals surface area (Å²) < 4.78 is 0. The molecule has 3 heteroatoms. The zero-order chi connectivity index (χ0) is 11.6. The van der Waals surface area contributed by atoms with Crippen molar-refractivity contribution in [1.82, 2.24) is 0 Å². The van der Waals surface area contributed by atoms with Gasteiger partial charge in [-0.05, 0) is 24.0 Å². The van der Waals surface area contributed by atoms with Gasteiger partial charge in [-0.1, -0.05) is 24.3 Å². The maximum absolute atomic E-state index is 10.2. The van der Waals surface area contributed by atoms with E-state index < -0.39 is 0 Å². The number of benzene rings is 1. The van der Waals surface area contributed by atoms with Crippen molar-refractivity contribution in [2.75, 3.05) is 0 Å². The zero-order valence-corrected chi connectivity index (χ0v) is 10.3. The lowest BCUT2D eigenvalue weighted by atomic mass is 9.66. The van der Waals surface area contributed by atoms with E-state index in [0.29, 0.717) is 10.5 Å². The van der Waals surface area contributed by atoms with Gasteiger partial charge in [0.1, 0.15) is 0 Å². The molecule has 2 bridgehead atoms. The van der Waals surface area contributed by atoms with Gasteiger partial charge in [-0.15, -0.1) is 11.8 Å². The normalized spacial score (nSPS) is 46.7. The highest BCUT2D eigenvalue weighted by Gasteiger charge is 2.57. The van der Waals surface area contributed by atoms with Gasteiger partial charge in [0.15, 0.2) is 0 Å². The minimum absolute atomic E-state index is 0.223. The number of aliphatic hydroxyl groups excluding tert-OH is 2. The topological polar surface area (TPSA) is 40.5 Å². The fraction of sp³-hybridized carbons (Fsp3) is 0.571. The molecule has 1 aliphatic carbocycles. The van der Waals surface area contributed by atoms with Gasteiger partial charge >= 0.3 is 0 Å². The number of fused-ring (bicyclic) bond motifs is 8. The summed E-state index contributed by atoms with van der Waals surface area (Å²) in [5.41, 5.74) is 2.80. The summed E-state index contributed by atoms with van der Waals surface area (Å²) in [6.45, 7) is 0. The lowest BCUT2D eigenvalue weighted by Crippen LogP contribution is -2.43. The van der Waals surface area contributed by atoms with E-state index in [1.807, 2.05) is 11.8 Å². The monoisotopic (exact) mass is 248 g/mol. The van der Waals surface area contributed by atoms with Crippen LogP contribution in [0.25, 0.3) is 0 Å². The van der Waals surface area contributed by atoms with Crippen molar-refractivity contribution in [3.05, 3.63) is 35.4 Å². The van der Waals surface area contributed by atoms with Crippen LogP contribution >= 0.6 is 11.8 Å². The Labute approximate surface area is 105 Å². The van der Waals surface area contributed by atoms with Crippen molar-refractivity contribution in [2.45, 2.75) is 35.5 Å². The second-order valence-electron chi connectivity index (χ2n) is 5.47. The van der Waals surface area contributed by atoms with Gasteiger partial charge in [-0.25, -0.2) is 0 Å². The first-order valence-electron chi connectivity index (χ1n) is 6.38. The first-order chi connectivity index (χ1) is 8.27. The fourth-order valence-corrected chi connectivity index (χ4v) is 6.10. The summed E-state index contributed by atoms with van der Waals surface area (Å²) in [6.07, 6.45) is 1.07. The van der Waals surface area contributed by atoms with Crippen LogP contribution in [0.3, 0.4) is 0 Å². The van der Waals surface area contributed by atoms with Gasteiger partial charge in [0.05, 0.1) is 12.2 Å². The molecule has 1 aromatic carbocycles. The highest BCUT2D eigenvalue weighted by molar-refractivity contribution is 8.00. The van der Waals surface area contributed by atoms with E-state index in [1.54, 1.807) is 0 Å². The summed E-state index contributed by atoms with van der Waals surface area (Å²) in [7, 11) is 0. The van der Waals surface area contributed by atoms with Gasteiger partial charge in [-0.3, -0.25) is 0 Å². The van der Waals surface area contributed by atoms with E-state index >= 15 is 0 Å². The molecule has 4 rings (SSSR count). The highest BCUT2D eigenvalue weighted by Crippen LogP contribution is 2.69. The Bertz CT molecular complexity index is 420. The molecule has 2 heterocycles. The van der Waals surface area contributed by atoms with Crippen molar-refractivity contribution >= 4 is 11.8 Å². The molecule has 2 fully saturated rings. The Hall–Kier alpha value is -0.510. The molecule has 2 nitrogen and oxygen atoms in total. The van der Waals surface area contributed by atoms with Crippen LogP contribution in [0, 0.1) is 11.8 Å².